The molecule has 2 aromatic rings. The van der Waals surface area contributed by atoms with Crippen LogP contribution in [0.4, 0.5) is 5.69 Å². The molecular weight excluding hydrogens is 356 g/mol. The van der Waals surface area contributed by atoms with Crippen molar-refractivity contribution in [2.24, 2.45) is 5.16 Å². The first kappa shape index (κ1) is 18.2. The predicted molar refractivity (Wildman–Crippen MR) is 93.6 cm³/mol. The van der Waals surface area contributed by atoms with Crippen LogP contribution in [0.5, 0.6) is 11.5 Å². The third kappa shape index (κ3) is 4.72. The molecule has 1 aliphatic heterocycles. The molecular formula is C18H16N2O7. The Labute approximate surface area is 154 Å². The summed E-state index contributed by atoms with van der Waals surface area (Å²) in [5.74, 6) is 0.697. The number of nitro groups is 1. The minimum Gasteiger partial charge on any atom is -0.458 e. The third-order valence-electron chi connectivity index (χ3n) is 3.72. The first-order valence-electron chi connectivity index (χ1n) is 7.98. The number of non-ortho nitro benzene ring substituents is 1. The summed E-state index contributed by atoms with van der Waals surface area (Å²) in [4.78, 5) is 26.8. The molecule has 0 saturated heterocycles. The molecule has 0 amide bonds. The van der Waals surface area contributed by atoms with Crippen molar-refractivity contribution in [3.8, 4) is 11.5 Å². The highest BCUT2D eigenvalue weighted by Crippen LogP contribution is 2.32. The predicted octanol–water partition coefficient (Wildman–Crippen LogP) is 2.81. The van der Waals surface area contributed by atoms with Gasteiger partial charge in [-0.15, -0.1) is 0 Å². The molecule has 9 heteroatoms. The van der Waals surface area contributed by atoms with E-state index in [1.807, 2.05) is 6.07 Å². The fourth-order valence-electron chi connectivity index (χ4n) is 2.28. The van der Waals surface area contributed by atoms with Gasteiger partial charge in [0.2, 0.25) is 13.4 Å². The maximum absolute atomic E-state index is 11.7. The van der Waals surface area contributed by atoms with Crippen LogP contribution in [0.2, 0.25) is 0 Å². The normalized spacial score (nSPS) is 12.6. The fourth-order valence-corrected chi connectivity index (χ4v) is 2.28. The van der Waals surface area contributed by atoms with E-state index in [0.29, 0.717) is 22.8 Å². The lowest BCUT2D eigenvalue weighted by Crippen LogP contribution is -2.11. The molecule has 0 aromatic heterocycles. The smallest absolute Gasteiger partial charge is 0.347 e. The molecule has 0 saturated carbocycles. The van der Waals surface area contributed by atoms with Gasteiger partial charge in [-0.1, -0.05) is 5.16 Å². The zero-order valence-corrected chi connectivity index (χ0v) is 14.4. The van der Waals surface area contributed by atoms with Gasteiger partial charge in [0.1, 0.15) is 6.61 Å². The third-order valence-corrected chi connectivity index (χ3v) is 3.72. The molecule has 3 rings (SSSR count). The average Bonchev–Trinajstić information content (AvgIpc) is 3.14. The summed E-state index contributed by atoms with van der Waals surface area (Å²) in [6, 6.07) is 11.1. The van der Waals surface area contributed by atoms with Crippen LogP contribution in [0.1, 0.15) is 18.1 Å². The van der Waals surface area contributed by atoms with Gasteiger partial charge in [0.25, 0.3) is 5.69 Å². The monoisotopic (exact) mass is 372 g/mol. The summed E-state index contributed by atoms with van der Waals surface area (Å²) in [6.45, 7) is 1.56. The molecule has 1 aliphatic rings. The number of ether oxygens (including phenoxy) is 3. The highest BCUT2D eigenvalue weighted by Gasteiger charge is 2.14. The van der Waals surface area contributed by atoms with Gasteiger partial charge in [-0.2, -0.15) is 0 Å². The molecule has 1 heterocycles. The Bertz CT molecular complexity index is 878. The van der Waals surface area contributed by atoms with Gasteiger partial charge >= 0.3 is 5.97 Å². The molecule has 140 valence electrons. The van der Waals surface area contributed by atoms with Crippen molar-refractivity contribution in [1.29, 1.82) is 0 Å². The molecule has 0 unspecified atom stereocenters. The van der Waals surface area contributed by atoms with Crippen LogP contribution in [0.15, 0.2) is 47.6 Å². The summed E-state index contributed by atoms with van der Waals surface area (Å²) < 4.78 is 15.6. The topological polar surface area (TPSA) is 109 Å². The summed E-state index contributed by atoms with van der Waals surface area (Å²) in [5, 5.41) is 14.5. The number of carbonyl (C=O) groups is 1. The van der Waals surface area contributed by atoms with Gasteiger partial charge in [-0.3, -0.25) is 10.1 Å². The number of carbonyl (C=O) groups excluding carboxylic acids is 1. The van der Waals surface area contributed by atoms with Crippen LogP contribution < -0.4 is 9.47 Å². The Balaban J connectivity index is 1.46. The molecule has 0 atom stereocenters. The van der Waals surface area contributed by atoms with Gasteiger partial charge in [-0.05, 0) is 42.8 Å². The van der Waals surface area contributed by atoms with Gasteiger partial charge in [-0.25, -0.2) is 4.79 Å². The van der Waals surface area contributed by atoms with E-state index in [4.69, 9.17) is 19.0 Å². The summed E-state index contributed by atoms with van der Waals surface area (Å²) in [5.41, 5.74) is 1.95. The number of nitro benzene ring substituents is 1. The van der Waals surface area contributed by atoms with E-state index in [9.17, 15) is 14.9 Å². The van der Waals surface area contributed by atoms with Crippen LogP contribution in [0.25, 0.3) is 0 Å². The largest absolute Gasteiger partial charge is 0.458 e. The molecule has 0 fully saturated rings. The molecule has 0 aliphatic carbocycles. The second-order valence-corrected chi connectivity index (χ2v) is 5.60. The van der Waals surface area contributed by atoms with Crippen molar-refractivity contribution in [2.75, 3.05) is 13.4 Å². The number of hydrogen-bond acceptors (Lipinski definition) is 8. The Hall–Kier alpha value is -3.62. The lowest BCUT2D eigenvalue weighted by atomic mass is 10.1. The molecule has 0 bridgehead atoms. The number of hydrogen-bond donors (Lipinski definition) is 0. The van der Waals surface area contributed by atoms with Gasteiger partial charge in [0.15, 0.2) is 11.5 Å². The quantitative estimate of drug-likeness (QED) is 0.318. The number of fused-ring (bicyclic) bond motifs is 1. The van der Waals surface area contributed by atoms with Crippen molar-refractivity contribution in [2.45, 2.75) is 13.5 Å². The van der Waals surface area contributed by atoms with E-state index in [2.05, 4.69) is 5.16 Å². The average molecular weight is 372 g/mol. The second kappa shape index (κ2) is 8.17. The molecule has 9 nitrogen and oxygen atoms in total. The van der Waals surface area contributed by atoms with Crippen molar-refractivity contribution < 1.29 is 28.8 Å². The molecule has 0 spiro atoms. The molecule has 27 heavy (non-hydrogen) atoms. The lowest BCUT2D eigenvalue weighted by molar-refractivity contribution is -0.384. The summed E-state index contributed by atoms with van der Waals surface area (Å²) in [6.07, 6.45) is 0. The maximum atomic E-state index is 11.7. The highest BCUT2D eigenvalue weighted by atomic mass is 16.7. The Morgan fingerprint density at radius 1 is 1.19 bits per heavy atom. The van der Waals surface area contributed by atoms with Crippen LogP contribution >= 0.6 is 0 Å². The zero-order valence-electron chi connectivity index (χ0n) is 14.4. The van der Waals surface area contributed by atoms with Gasteiger partial charge in [0.05, 0.1) is 10.6 Å². The molecule has 0 N–H and O–H groups in total. The number of esters is 1. The van der Waals surface area contributed by atoms with Gasteiger partial charge in [0, 0.05) is 17.7 Å². The van der Waals surface area contributed by atoms with E-state index in [1.165, 1.54) is 24.3 Å². The highest BCUT2D eigenvalue weighted by molar-refractivity contribution is 5.99. The maximum Gasteiger partial charge on any atom is 0.347 e. The fraction of sp³-hybridized carbons (Fsp3) is 0.222. The van der Waals surface area contributed by atoms with E-state index in [1.54, 1.807) is 19.1 Å². The van der Waals surface area contributed by atoms with Crippen molar-refractivity contribution in [3.63, 3.8) is 0 Å². The van der Waals surface area contributed by atoms with E-state index >= 15 is 0 Å². The summed E-state index contributed by atoms with van der Waals surface area (Å²) >= 11 is 0. The first-order valence-corrected chi connectivity index (χ1v) is 7.98. The van der Waals surface area contributed by atoms with Crippen molar-refractivity contribution in [1.82, 2.24) is 0 Å². The van der Waals surface area contributed by atoms with Crippen LogP contribution in [-0.2, 0) is 21.0 Å². The number of oxime groups is 1. The minimum absolute atomic E-state index is 0.00888. The van der Waals surface area contributed by atoms with Crippen molar-refractivity contribution >= 4 is 17.4 Å². The Morgan fingerprint density at radius 3 is 2.67 bits per heavy atom. The van der Waals surface area contributed by atoms with Crippen LogP contribution in [-0.4, -0.2) is 30.0 Å². The molecule has 0 radical (unpaired) electrons. The zero-order chi connectivity index (χ0) is 19.2. The SMILES string of the molecule is C/C(=N/OCC(=O)OCc1ccc([N+](=O)[O-])cc1)c1ccc2c(c1)OCO2. The van der Waals surface area contributed by atoms with Gasteiger partial charge < -0.3 is 19.0 Å². The van der Waals surface area contributed by atoms with E-state index in [0.717, 1.165) is 5.56 Å². The Kier molecular flexibility index (Phi) is 5.50. The Morgan fingerprint density at radius 2 is 1.93 bits per heavy atom. The lowest BCUT2D eigenvalue weighted by Gasteiger charge is -2.05. The standard InChI is InChI=1S/C18H16N2O7/c1-12(14-4-7-16-17(8-14)26-11-25-16)19-27-10-18(21)24-9-13-2-5-15(6-3-13)20(22)23/h2-8H,9-11H2,1H3/b19-12-. The second-order valence-electron chi connectivity index (χ2n) is 5.60. The summed E-state index contributed by atoms with van der Waals surface area (Å²) in [7, 11) is 0. The van der Waals surface area contributed by atoms with Crippen LogP contribution in [0, 0.1) is 10.1 Å². The number of benzene rings is 2. The van der Waals surface area contributed by atoms with E-state index < -0.39 is 10.9 Å². The number of rotatable bonds is 7. The molecule has 2 aromatic carbocycles. The van der Waals surface area contributed by atoms with Crippen molar-refractivity contribution in [3.05, 3.63) is 63.7 Å². The van der Waals surface area contributed by atoms with Crippen LogP contribution in [0.3, 0.4) is 0 Å². The minimum atomic E-state index is -0.601. The first-order chi connectivity index (χ1) is 13.0. The van der Waals surface area contributed by atoms with E-state index in [-0.39, 0.29) is 25.7 Å². The number of nitrogens with zero attached hydrogens (tertiary/aromatic N) is 2.